The molecule has 20 heavy (non-hydrogen) atoms. The number of aryl methyl sites for hydroxylation is 1. The van der Waals surface area contributed by atoms with Crippen LogP contribution in [-0.4, -0.2) is 34.5 Å². The number of aromatic amines is 1. The first kappa shape index (κ1) is 12.1. The molecule has 0 spiro atoms. The summed E-state index contributed by atoms with van der Waals surface area (Å²) in [6.07, 6.45) is 2.47. The topological polar surface area (TPSA) is 49.0 Å². The van der Waals surface area contributed by atoms with E-state index >= 15 is 0 Å². The van der Waals surface area contributed by atoms with Gasteiger partial charge < -0.3 is 9.88 Å². The lowest BCUT2D eigenvalue weighted by atomic mass is 9.78. The van der Waals surface area contributed by atoms with E-state index in [9.17, 15) is 4.79 Å². The van der Waals surface area contributed by atoms with Crippen LogP contribution in [0, 0.1) is 12.8 Å². The molecule has 0 amide bonds. The summed E-state index contributed by atoms with van der Waals surface area (Å²) in [5, 5.41) is 0.704. The first-order valence-electron chi connectivity index (χ1n) is 7.44. The van der Waals surface area contributed by atoms with E-state index in [4.69, 9.17) is 4.98 Å². The van der Waals surface area contributed by atoms with Crippen LogP contribution in [0.4, 0.5) is 0 Å². The van der Waals surface area contributed by atoms with Gasteiger partial charge in [0.1, 0.15) is 5.82 Å². The summed E-state index contributed by atoms with van der Waals surface area (Å²) >= 11 is 0. The quantitative estimate of drug-likeness (QED) is 0.862. The molecule has 4 heterocycles. The molecule has 3 aliphatic heterocycles. The minimum absolute atomic E-state index is 0.00477. The van der Waals surface area contributed by atoms with Crippen LogP contribution in [0.25, 0.3) is 10.9 Å². The zero-order valence-corrected chi connectivity index (χ0v) is 11.7. The molecule has 0 aliphatic carbocycles. The molecule has 1 N–H and O–H groups in total. The fourth-order valence-corrected chi connectivity index (χ4v) is 3.77. The molecular formula is C16H19N3O. The van der Waals surface area contributed by atoms with Crippen LogP contribution < -0.4 is 5.56 Å². The summed E-state index contributed by atoms with van der Waals surface area (Å²) in [7, 11) is 0. The first-order chi connectivity index (χ1) is 9.72. The minimum atomic E-state index is 0.00477. The van der Waals surface area contributed by atoms with E-state index in [2.05, 4.69) is 9.88 Å². The van der Waals surface area contributed by atoms with Crippen LogP contribution in [0.3, 0.4) is 0 Å². The van der Waals surface area contributed by atoms with Gasteiger partial charge in [0.2, 0.25) is 0 Å². The number of aromatic nitrogens is 2. The summed E-state index contributed by atoms with van der Waals surface area (Å²) in [6, 6.07) is 5.80. The summed E-state index contributed by atoms with van der Waals surface area (Å²) < 4.78 is 0. The lowest BCUT2D eigenvalue weighted by Gasteiger charge is -2.44. The maximum absolute atomic E-state index is 12.3. The van der Waals surface area contributed by atoms with E-state index in [-0.39, 0.29) is 5.56 Å². The highest BCUT2D eigenvalue weighted by atomic mass is 16.1. The number of H-pyrrole nitrogens is 1. The van der Waals surface area contributed by atoms with E-state index in [1.165, 1.54) is 25.9 Å². The van der Waals surface area contributed by atoms with Crippen molar-refractivity contribution in [1.82, 2.24) is 14.9 Å². The molecule has 5 rings (SSSR count). The Kier molecular flexibility index (Phi) is 2.67. The third kappa shape index (κ3) is 1.79. The number of hydrogen-bond donors (Lipinski definition) is 1. The SMILES string of the molecule is Cc1cccc2c(=O)[nH]c(C3CN4CCC3CC4)nc12. The molecule has 104 valence electrons. The highest BCUT2D eigenvalue weighted by Crippen LogP contribution is 2.37. The van der Waals surface area contributed by atoms with Gasteiger partial charge in [0.15, 0.2) is 0 Å². The Labute approximate surface area is 117 Å². The monoisotopic (exact) mass is 269 g/mol. The van der Waals surface area contributed by atoms with E-state index in [1.54, 1.807) is 0 Å². The van der Waals surface area contributed by atoms with Gasteiger partial charge in [0, 0.05) is 12.5 Å². The molecule has 3 fully saturated rings. The van der Waals surface area contributed by atoms with Crippen molar-refractivity contribution in [2.24, 2.45) is 5.92 Å². The molecule has 1 atom stereocenters. The van der Waals surface area contributed by atoms with Crippen molar-refractivity contribution in [1.29, 1.82) is 0 Å². The van der Waals surface area contributed by atoms with Crippen LogP contribution in [-0.2, 0) is 0 Å². The van der Waals surface area contributed by atoms with Gasteiger partial charge in [-0.1, -0.05) is 12.1 Å². The zero-order chi connectivity index (χ0) is 13.7. The van der Waals surface area contributed by atoms with E-state index in [0.717, 1.165) is 23.4 Å². The second kappa shape index (κ2) is 4.42. The normalized spacial score (nSPS) is 28.9. The van der Waals surface area contributed by atoms with Crippen molar-refractivity contribution in [2.75, 3.05) is 19.6 Å². The van der Waals surface area contributed by atoms with Crippen molar-refractivity contribution >= 4 is 10.9 Å². The van der Waals surface area contributed by atoms with E-state index < -0.39 is 0 Å². The molecule has 1 aromatic heterocycles. The van der Waals surface area contributed by atoms with Gasteiger partial charge in [-0.25, -0.2) is 4.98 Å². The largest absolute Gasteiger partial charge is 0.310 e. The van der Waals surface area contributed by atoms with E-state index in [0.29, 0.717) is 17.2 Å². The Hall–Kier alpha value is -1.68. The van der Waals surface area contributed by atoms with Gasteiger partial charge in [-0.15, -0.1) is 0 Å². The molecular weight excluding hydrogens is 250 g/mol. The fourth-order valence-electron chi connectivity index (χ4n) is 3.77. The first-order valence-corrected chi connectivity index (χ1v) is 7.44. The van der Waals surface area contributed by atoms with Crippen LogP contribution >= 0.6 is 0 Å². The van der Waals surface area contributed by atoms with Crippen molar-refractivity contribution in [3.05, 3.63) is 39.9 Å². The number of fused-ring (bicyclic) bond motifs is 4. The number of nitrogens with one attached hydrogen (secondary N) is 1. The Balaban J connectivity index is 1.85. The fraction of sp³-hybridized carbons (Fsp3) is 0.500. The lowest BCUT2D eigenvalue weighted by molar-refractivity contribution is 0.0836. The summed E-state index contributed by atoms with van der Waals surface area (Å²) in [6.45, 7) is 5.48. The van der Waals surface area contributed by atoms with Gasteiger partial charge in [-0.2, -0.15) is 0 Å². The number of rotatable bonds is 1. The molecule has 0 saturated carbocycles. The van der Waals surface area contributed by atoms with Gasteiger partial charge in [-0.3, -0.25) is 4.79 Å². The Morgan fingerprint density at radius 3 is 2.80 bits per heavy atom. The Bertz CT molecular complexity index is 713. The summed E-state index contributed by atoms with van der Waals surface area (Å²) in [4.78, 5) is 22.6. The standard InChI is InChI=1S/C16H19N3O/c1-10-3-2-4-12-14(10)17-15(18-16(12)20)13-9-19-7-5-11(13)6-8-19/h2-4,11,13H,5-9H2,1H3,(H,17,18,20). The maximum Gasteiger partial charge on any atom is 0.258 e. The molecule has 2 bridgehead atoms. The smallest absolute Gasteiger partial charge is 0.258 e. The van der Waals surface area contributed by atoms with Gasteiger partial charge in [0.25, 0.3) is 5.56 Å². The van der Waals surface area contributed by atoms with Crippen molar-refractivity contribution < 1.29 is 0 Å². The average Bonchev–Trinajstić information content (AvgIpc) is 2.49. The predicted octanol–water partition coefficient (Wildman–Crippen LogP) is 2.04. The zero-order valence-electron chi connectivity index (χ0n) is 11.7. The Morgan fingerprint density at radius 2 is 2.10 bits per heavy atom. The molecule has 4 nitrogen and oxygen atoms in total. The highest BCUT2D eigenvalue weighted by Gasteiger charge is 2.36. The summed E-state index contributed by atoms with van der Waals surface area (Å²) in [5.41, 5.74) is 1.95. The van der Waals surface area contributed by atoms with Crippen LogP contribution in [0.2, 0.25) is 0 Å². The number of piperidine rings is 3. The molecule has 4 heteroatoms. The van der Waals surface area contributed by atoms with Gasteiger partial charge in [-0.05, 0) is 50.4 Å². The second-order valence-corrected chi connectivity index (χ2v) is 6.17. The van der Waals surface area contributed by atoms with Crippen LogP contribution in [0.15, 0.2) is 23.0 Å². The van der Waals surface area contributed by atoms with Gasteiger partial charge in [0.05, 0.1) is 10.9 Å². The highest BCUT2D eigenvalue weighted by molar-refractivity contribution is 5.80. The molecule has 3 aliphatic rings. The second-order valence-electron chi connectivity index (χ2n) is 6.17. The van der Waals surface area contributed by atoms with Crippen molar-refractivity contribution in [2.45, 2.75) is 25.7 Å². The number of para-hydroxylation sites is 1. The number of hydrogen-bond acceptors (Lipinski definition) is 3. The molecule has 3 saturated heterocycles. The molecule has 2 aromatic rings. The molecule has 1 unspecified atom stereocenters. The molecule has 1 aromatic carbocycles. The van der Waals surface area contributed by atoms with Crippen molar-refractivity contribution in [3.63, 3.8) is 0 Å². The Morgan fingerprint density at radius 1 is 1.30 bits per heavy atom. The number of benzene rings is 1. The lowest BCUT2D eigenvalue weighted by Crippen LogP contribution is -2.47. The minimum Gasteiger partial charge on any atom is -0.310 e. The van der Waals surface area contributed by atoms with Gasteiger partial charge >= 0.3 is 0 Å². The molecule has 0 radical (unpaired) electrons. The third-order valence-corrected chi connectivity index (χ3v) is 4.96. The van der Waals surface area contributed by atoms with E-state index in [1.807, 2.05) is 25.1 Å². The maximum atomic E-state index is 12.3. The van der Waals surface area contributed by atoms with Crippen LogP contribution in [0.5, 0.6) is 0 Å². The van der Waals surface area contributed by atoms with Crippen LogP contribution in [0.1, 0.15) is 30.1 Å². The number of nitrogens with zero attached hydrogens (tertiary/aromatic N) is 2. The third-order valence-electron chi connectivity index (χ3n) is 4.96. The predicted molar refractivity (Wildman–Crippen MR) is 79.0 cm³/mol. The average molecular weight is 269 g/mol. The van der Waals surface area contributed by atoms with Crippen molar-refractivity contribution in [3.8, 4) is 0 Å². The summed E-state index contributed by atoms with van der Waals surface area (Å²) in [5.74, 6) is 1.98.